The van der Waals surface area contributed by atoms with Crippen LogP contribution in [0.15, 0.2) is 73.1 Å². The first-order chi connectivity index (χ1) is 14.2. The molecule has 3 aromatic rings. The average molecular weight is 389 g/mol. The number of morpholine rings is 1. The van der Waals surface area contributed by atoms with Crippen LogP contribution in [-0.4, -0.2) is 48.2 Å². The molecule has 0 aliphatic carbocycles. The molecule has 5 heteroatoms. The number of hydrogen-bond acceptors (Lipinski definition) is 3. The molecule has 4 rings (SSSR count). The van der Waals surface area contributed by atoms with Gasteiger partial charge >= 0.3 is 0 Å². The van der Waals surface area contributed by atoms with Crippen molar-refractivity contribution >= 4 is 5.91 Å². The summed E-state index contributed by atoms with van der Waals surface area (Å²) in [6, 6.07) is 19.9. The van der Waals surface area contributed by atoms with Crippen LogP contribution in [0.1, 0.15) is 27.5 Å². The lowest BCUT2D eigenvalue weighted by Crippen LogP contribution is -2.43. The Labute approximate surface area is 171 Å². The van der Waals surface area contributed by atoms with Crippen LogP contribution in [0.5, 0.6) is 0 Å². The predicted octanol–water partition coefficient (Wildman–Crippen LogP) is 3.59. The van der Waals surface area contributed by atoms with Gasteiger partial charge in [0, 0.05) is 43.3 Å². The lowest BCUT2D eigenvalue weighted by atomic mass is 10.0. The maximum absolute atomic E-state index is 13.1. The van der Waals surface area contributed by atoms with Crippen LogP contribution in [0.3, 0.4) is 0 Å². The highest BCUT2D eigenvalue weighted by atomic mass is 16.5. The molecular weight excluding hydrogens is 362 g/mol. The van der Waals surface area contributed by atoms with Crippen molar-refractivity contribution in [2.45, 2.75) is 13.0 Å². The largest absolute Gasteiger partial charge is 0.379 e. The summed E-state index contributed by atoms with van der Waals surface area (Å²) in [4.78, 5) is 15.5. The van der Waals surface area contributed by atoms with Gasteiger partial charge in [0.15, 0.2) is 0 Å². The molecule has 1 atom stereocenters. The topological polar surface area (TPSA) is 46.5 Å². The third kappa shape index (κ3) is 4.75. The summed E-state index contributed by atoms with van der Waals surface area (Å²) in [5.74, 6) is -0.0551. The number of benzene rings is 2. The van der Waals surface area contributed by atoms with E-state index in [0.29, 0.717) is 5.56 Å². The zero-order valence-electron chi connectivity index (χ0n) is 16.8. The smallest absolute Gasteiger partial charge is 0.251 e. The second kappa shape index (κ2) is 9.07. The molecule has 1 fully saturated rings. The van der Waals surface area contributed by atoms with E-state index in [-0.39, 0.29) is 11.9 Å². The normalized spacial score (nSPS) is 15.8. The first kappa shape index (κ1) is 19.4. The molecule has 0 saturated carbocycles. The summed E-state index contributed by atoms with van der Waals surface area (Å²) in [7, 11) is 0. The Kier molecular flexibility index (Phi) is 6.08. The Morgan fingerprint density at radius 2 is 1.76 bits per heavy atom. The molecule has 0 radical (unpaired) electrons. The van der Waals surface area contributed by atoms with Gasteiger partial charge in [0.25, 0.3) is 5.91 Å². The third-order valence-corrected chi connectivity index (χ3v) is 5.41. The van der Waals surface area contributed by atoms with Gasteiger partial charge in [-0.25, -0.2) is 0 Å². The van der Waals surface area contributed by atoms with Crippen LogP contribution in [0.25, 0.3) is 5.69 Å². The number of hydrogen-bond donors (Lipinski definition) is 1. The second-order valence-corrected chi connectivity index (χ2v) is 7.44. The van der Waals surface area contributed by atoms with E-state index in [1.165, 1.54) is 0 Å². The molecule has 1 N–H and O–H groups in total. The van der Waals surface area contributed by atoms with Crippen LogP contribution in [0.2, 0.25) is 0 Å². The Morgan fingerprint density at radius 3 is 2.48 bits per heavy atom. The zero-order chi connectivity index (χ0) is 20.1. The molecule has 1 amide bonds. The number of ether oxygens (including phenoxy) is 1. The Morgan fingerprint density at radius 1 is 1.03 bits per heavy atom. The molecule has 1 aliphatic rings. The van der Waals surface area contributed by atoms with E-state index in [1.54, 1.807) is 0 Å². The fourth-order valence-corrected chi connectivity index (χ4v) is 3.73. The van der Waals surface area contributed by atoms with E-state index < -0.39 is 0 Å². The van der Waals surface area contributed by atoms with Crippen molar-refractivity contribution in [3.63, 3.8) is 0 Å². The highest BCUT2D eigenvalue weighted by Gasteiger charge is 2.21. The first-order valence-electron chi connectivity index (χ1n) is 10.1. The summed E-state index contributed by atoms with van der Waals surface area (Å²) < 4.78 is 7.50. The van der Waals surface area contributed by atoms with E-state index in [9.17, 15) is 4.79 Å². The van der Waals surface area contributed by atoms with Gasteiger partial charge in [-0.3, -0.25) is 9.69 Å². The maximum atomic E-state index is 13.1. The van der Waals surface area contributed by atoms with Gasteiger partial charge in [-0.2, -0.15) is 0 Å². The number of nitrogens with one attached hydrogen (secondary N) is 1. The van der Waals surface area contributed by atoms with Crippen molar-refractivity contribution in [2.75, 3.05) is 32.8 Å². The highest BCUT2D eigenvalue weighted by molar-refractivity contribution is 5.95. The Balaban J connectivity index is 1.55. The van der Waals surface area contributed by atoms with Crippen LogP contribution < -0.4 is 5.32 Å². The van der Waals surface area contributed by atoms with E-state index in [2.05, 4.69) is 29.3 Å². The van der Waals surface area contributed by atoms with Gasteiger partial charge in [0.05, 0.1) is 19.3 Å². The molecule has 0 bridgehead atoms. The predicted molar refractivity (Wildman–Crippen MR) is 114 cm³/mol. The van der Waals surface area contributed by atoms with E-state index >= 15 is 0 Å². The number of aromatic nitrogens is 1. The van der Waals surface area contributed by atoms with Gasteiger partial charge < -0.3 is 14.6 Å². The number of carbonyl (C=O) groups excluding carboxylic acids is 1. The second-order valence-electron chi connectivity index (χ2n) is 7.44. The first-order valence-corrected chi connectivity index (χ1v) is 10.1. The minimum absolute atomic E-state index is 0.0551. The van der Waals surface area contributed by atoms with Crippen LogP contribution in [-0.2, 0) is 4.74 Å². The molecule has 1 aliphatic heterocycles. The molecule has 1 aromatic heterocycles. The quantitative estimate of drug-likeness (QED) is 0.701. The van der Waals surface area contributed by atoms with E-state index in [1.807, 2.05) is 65.5 Å². The van der Waals surface area contributed by atoms with Crippen molar-refractivity contribution in [2.24, 2.45) is 0 Å². The van der Waals surface area contributed by atoms with Crippen molar-refractivity contribution in [1.82, 2.24) is 14.8 Å². The van der Waals surface area contributed by atoms with Crippen molar-refractivity contribution in [3.05, 3.63) is 89.7 Å². The number of rotatable bonds is 6. The van der Waals surface area contributed by atoms with Crippen molar-refractivity contribution in [3.8, 4) is 5.69 Å². The van der Waals surface area contributed by atoms with Crippen LogP contribution in [0.4, 0.5) is 0 Å². The molecule has 1 unspecified atom stereocenters. The fraction of sp³-hybridized carbons (Fsp3) is 0.292. The summed E-state index contributed by atoms with van der Waals surface area (Å²) in [5, 5.41) is 3.26. The lowest BCUT2D eigenvalue weighted by molar-refractivity contribution is 0.0332. The molecular formula is C24H27N3O2. The minimum atomic E-state index is -0.0712. The van der Waals surface area contributed by atoms with Crippen molar-refractivity contribution < 1.29 is 9.53 Å². The van der Waals surface area contributed by atoms with Gasteiger partial charge in [-0.1, -0.05) is 36.4 Å². The van der Waals surface area contributed by atoms with Gasteiger partial charge in [0.1, 0.15) is 0 Å². The molecule has 2 aromatic carbocycles. The number of nitrogens with zero attached hydrogens (tertiary/aromatic N) is 2. The molecule has 2 heterocycles. The standard InChI is InChI=1S/C24H27N3O2/c1-19-9-10-21(17-23(19)27-11-5-6-12-27)24(28)25-22(20-7-3-2-4-8-20)18-26-13-15-29-16-14-26/h2-12,17,22H,13-16,18H2,1H3,(H,25,28). The van der Waals surface area contributed by atoms with E-state index in [4.69, 9.17) is 4.74 Å². The van der Waals surface area contributed by atoms with Crippen LogP contribution in [0, 0.1) is 6.92 Å². The summed E-state index contributed by atoms with van der Waals surface area (Å²) in [5.41, 5.74) is 3.94. The Bertz CT molecular complexity index is 932. The lowest BCUT2D eigenvalue weighted by Gasteiger charge is -2.31. The molecule has 1 saturated heterocycles. The average Bonchev–Trinajstić information content (AvgIpc) is 3.29. The highest BCUT2D eigenvalue weighted by Crippen LogP contribution is 2.19. The third-order valence-electron chi connectivity index (χ3n) is 5.41. The summed E-state index contributed by atoms with van der Waals surface area (Å²) in [6.45, 7) is 6.10. The maximum Gasteiger partial charge on any atom is 0.251 e. The van der Waals surface area contributed by atoms with E-state index in [0.717, 1.165) is 49.7 Å². The number of amides is 1. The molecule has 5 nitrogen and oxygen atoms in total. The monoisotopic (exact) mass is 389 g/mol. The molecule has 0 spiro atoms. The summed E-state index contributed by atoms with van der Waals surface area (Å²) >= 11 is 0. The number of carbonyl (C=O) groups is 1. The fourth-order valence-electron chi connectivity index (χ4n) is 3.73. The Hall–Kier alpha value is -2.89. The van der Waals surface area contributed by atoms with Gasteiger partial charge in [-0.05, 0) is 42.3 Å². The number of aryl methyl sites for hydroxylation is 1. The van der Waals surface area contributed by atoms with Gasteiger partial charge in [-0.15, -0.1) is 0 Å². The summed E-state index contributed by atoms with van der Waals surface area (Å²) in [6.07, 6.45) is 3.99. The van der Waals surface area contributed by atoms with Gasteiger partial charge in [0.2, 0.25) is 0 Å². The SMILES string of the molecule is Cc1ccc(C(=O)NC(CN2CCOCC2)c2ccccc2)cc1-n1cccc1. The zero-order valence-corrected chi connectivity index (χ0v) is 16.8. The van der Waals surface area contributed by atoms with Crippen molar-refractivity contribution in [1.29, 1.82) is 0 Å². The molecule has 150 valence electrons. The molecule has 29 heavy (non-hydrogen) atoms. The van der Waals surface area contributed by atoms with Crippen LogP contribution >= 0.6 is 0 Å². The minimum Gasteiger partial charge on any atom is -0.379 e.